The summed E-state index contributed by atoms with van der Waals surface area (Å²) in [6, 6.07) is 6.23. The Morgan fingerprint density at radius 1 is 0.939 bits per heavy atom. The molecule has 0 saturated carbocycles. The summed E-state index contributed by atoms with van der Waals surface area (Å²) >= 11 is 0. The van der Waals surface area contributed by atoms with E-state index >= 15 is 0 Å². The summed E-state index contributed by atoms with van der Waals surface area (Å²) in [5.74, 6) is -1.39. The maximum absolute atomic E-state index is 12.4. The van der Waals surface area contributed by atoms with Crippen molar-refractivity contribution in [1.82, 2.24) is 4.98 Å². The largest absolute Gasteiger partial charge is 0.468 e. The van der Waals surface area contributed by atoms with Crippen molar-refractivity contribution in [3.8, 4) is 11.6 Å². The van der Waals surface area contributed by atoms with Gasteiger partial charge < -0.3 is 19.5 Å². The van der Waals surface area contributed by atoms with Gasteiger partial charge in [-0.2, -0.15) is 0 Å². The second-order valence-electron chi connectivity index (χ2n) is 8.39. The van der Waals surface area contributed by atoms with Crippen LogP contribution in [0.15, 0.2) is 18.2 Å². The minimum absolute atomic E-state index is 0.0361. The molecular formula is C26H36N2O5. The Bertz CT molecular complexity index is 959. The molecule has 0 amide bonds. The van der Waals surface area contributed by atoms with Crippen molar-refractivity contribution in [2.24, 2.45) is 5.92 Å². The molecule has 0 radical (unpaired) electrons. The van der Waals surface area contributed by atoms with Gasteiger partial charge in [0.15, 0.2) is 5.92 Å². The third kappa shape index (κ3) is 6.46. The zero-order valence-corrected chi connectivity index (χ0v) is 21.0. The van der Waals surface area contributed by atoms with Crippen molar-refractivity contribution >= 4 is 17.6 Å². The molecule has 0 saturated heterocycles. The molecule has 0 unspecified atom stereocenters. The van der Waals surface area contributed by atoms with E-state index in [9.17, 15) is 9.59 Å². The molecule has 2 aromatic rings. The zero-order chi connectivity index (χ0) is 24.7. The van der Waals surface area contributed by atoms with Crippen LogP contribution in [0.4, 0.5) is 5.69 Å². The second kappa shape index (κ2) is 11.7. The van der Waals surface area contributed by atoms with Crippen molar-refractivity contribution in [3.05, 3.63) is 46.1 Å². The van der Waals surface area contributed by atoms with E-state index in [-0.39, 0.29) is 12.5 Å². The van der Waals surface area contributed by atoms with E-state index < -0.39 is 17.9 Å². The van der Waals surface area contributed by atoms with Gasteiger partial charge >= 0.3 is 11.9 Å². The average Bonchev–Trinajstić information content (AvgIpc) is 2.78. The van der Waals surface area contributed by atoms with E-state index in [1.807, 2.05) is 45.9 Å². The smallest absolute Gasteiger partial charge is 0.320 e. The lowest BCUT2D eigenvalue weighted by atomic mass is 9.97. The van der Waals surface area contributed by atoms with E-state index in [0.29, 0.717) is 17.2 Å². The van der Waals surface area contributed by atoms with Crippen LogP contribution in [0, 0.1) is 33.6 Å². The van der Waals surface area contributed by atoms with Gasteiger partial charge in [-0.25, -0.2) is 4.98 Å². The first-order valence-electron chi connectivity index (χ1n) is 11.3. The van der Waals surface area contributed by atoms with Gasteiger partial charge in [0.1, 0.15) is 5.75 Å². The summed E-state index contributed by atoms with van der Waals surface area (Å²) in [6.45, 7) is 12.1. The van der Waals surface area contributed by atoms with Crippen LogP contribution in [0.1, 0.15) is 54.6 Å². The third-order valence-corrected chi connectivity index (χ3v) is 5.74. The highest BCUT2D eigenvalue weighted by molar-refractivity contribution is 5.95. The number of nitrogens with one attached hydrogen (secondary N) is 1. The van der Waals surface area contributed by atoms with Crippen LogP contribution < -0.4 is 10.1 Å². The molecule has 180 valence electrons. The van der Waals surface area contributed by atoms with Crippen molar-refractivity contribution in [3.63, 3.8) is 0 Å². The number of carbonyl (C=O) groups excluding carboxylic acids is 2. The van der Waals surface area contributed by atoms with E-state index in [1.165, 1.54) is 14.2 Å². The van der Waals surface area contributed by atoms with E-state index in [4.69, 9.17) is 14.2 Å². The van der Waals surface area contributed by atoms with E-state index in [2.05, 4.69) is 24.1 Å². The molecule has 7 heteroatoms. The molecule has 1 heterocycles. The summed E-state index contributed by atoms with van der Waals surface area (Å²) in [5, 5.41) is 3.55. The van der Waals surface area contributed by atoms with Crippen LogP contribution in [0.3, 0.4) is 0 Å². The van der Waals surface area contributed by atoms with Gasteiger partial charge in [0.25, 0.3) is 0 Å². The summed E-state index contributed by atoms with van der Waals surface area (Å²) in [6.07, 6.45) is 1.87. The van der Waals surface area contributed by atoms with Gasteiger partial charge in [0.05, 0.1) is 14.2 Å². The molecule has 0 aliphatic rings. The molecule has 0 aliphatic carbocycles. The van der Waals surface area contributed by atoms with Gasteiger partial charge in [0, 0.05) is 29.4 Å². The van der Waals surface area contributed by atoms with Crippen molar-refractivity contribution < 1.29 is 23.8 Å². The average molecular weight is 457 g/mol. The number of benzene rings is 1. The second-order valence-corrected chi connectivity index (χ2v) is 8.39. The Labute approximate surface area is 196 Å². The summed E-state index contributed by atoms with van der Waals surface area (Å²) < 4.78 is 16.1. The van der Waals surface area contributed by atoms with E-state index in [1.54, 1.807) is 0 Å². The predicted molar refractivity (Wildman–Crippen MR) is 129 cm³/mol. The van der Waals surface area contributed by atoms with Crippen molar-refractivity contribution in [1.29, 1.82) is 0 Å². The molecular weight excluding hydrogens is 420 g/mol. The van der Waals surface area contributed by atoms with Crippen LogP contribution in [-0.2, 0) is 25.5 Å². The van der Waals surface area contributed by atoms with E-state index in [0.717, 1.165) is 40.9 Å². The zero-order valence-electron chi connectivity index (χ0n) is 21.0. The fourth-order valence-electron chi connectivity index (χ4n) is 3.97. The van der Waals surface area contributed by atoms with Gasteiger partial charge in [-0.3, -0.25) is 9.59 Å². The molecule has 0 bridgehead atoms. The molecule has 1 aromatic carbocycles. The fraction of sp³-hybridized carbons (Fsp3) is 0.500. The minimum atomic E-state index is -1.13. The number of rotatable bonds is 10. The van der Waals surface area contributed by atoms with Gasteiger partial charge in [-0.05, 0) is 57.7 Å². The summed E-state index contributed by atoms with van der Waals surface area (Å²) in [7, 11) is 2.51. The number of carbonyl (C=O) groups is 2. The molecule has 0 fully saturated rings. The number of anilines is 1. The lowest BCUT2D eigenvalue weighted by molar-refractivity contribution is -0.158. The summed E-state index contributed by atoms with van der Waals surface area (Å²) in [4.78, 5) is 29.5. The maximum Gasteiger partial charge on any atom is 0.320 e. The Hall–Kier alpha value is -3.09. The highest BCUT2D eigenvalue weighted by Gasteiger charge is 2.32. The van der Waals surface area contributed by atoms with Crippen LogP contribution in [0.5, 0.6) is 11.6 Å². The Morgan fingerprint density at radius 2 is 1.48 bits per heavy atom. The number of pyridine rings is 1. The molecule has 1 aromatic heterocycles. The molecule has 33 heavy (non-hydrogen) atoms. The first-order valence-corrected chi connectivity index (χ1v) is 11.3. The van der Waals surface area contributed by atoms with Crippen LogP contribution in [0.2, 0.25) is 0 Å². The maximum atomic E-state index is 12.4. The highest BCUT2D eigenvalue weighted by Crippen LogP contribution is 2.36. The summed E-state index contributed by atoms with van der Waals surface area (Å²) in [5.41, 5.74) is 5.28. The number of ether oxygens (including phenoxy) is 3. The normalized spacial score (nSPS) is 11.0. The molecule has 7 nitrogen and oxygen atoms in total. The molecule has 0 atom stereocenters. The monoisotopic (exact) mass is 456 g/mol. The minimum Gasteiger partial charge on any atom is -0.468 e. The standard InChI is InChI=1S/C26H36N2O5/c1-9-19(10-2)28-22-13-18(6)27-24(33-23-16(4)11-15(3)12-17(23)5)20(22)14-21(25(29)31-7)26(30)32-8/h11-13,19,21H,9-10,14H2,1-8H3,(H,27,28). The SMILES string of the molecule is CCC(CC)Nc1cc(C)nc(Oc2c(C)cc(C)cc2C)c1CC(C(=O)OC)C(=O)OC. The fourth-order valence-corrected chi connectivity index (χ4v) is 3.97. The van der Waals surface area contributed by atoms with Crippen LogP contribution >= 0.6 is 0 Å². The Kier molecular flexibility index (Phi) is 9.26. The first-order chi connectivity index (χ1) is 15.6. The number of hydrogen-bond donors (Lipinski definition) is 1. The number of methoxy groups -OCH3 is 2. The highest BCUT2D eigenvalue weighted by atomic mass is 16.5. The lowest BCUT2D eigenvalue weighted by Gasteiger charge is -2.23. The topological polar surface area (TPSA) is 86.8 Å². The predicted octanol–water partition coefficient (Wildman–Crippen LogP) is 5.21. The molecule has 1 N–H and O–H groups in total. The Balaban J connectivity index is 2.66. The number of aromatic nitrogens is 1. The Morgan fingerprint density at radius 3 is 1.97 bits per heavy atom. The lowest BCUT2D eigenvalue weighted by Crippen LogP contribution is -2.29. The van der Waals surface area contributed by atoms with Gasteiger partial charge in [-0.15, -0.1) is 0 Å². The van der Waals surface area contributed by atoms with Crippen LogP contribution in [-0.4, -0.2) is 37.2 Å². The number of aryl methyl sites for hydroxylation is 4. The third-order valence-electron chi connectivity index (χ3n) is 5.74. The van der Waals surface area contributed by atoms with Crippen molar-refractivity contribution in [2.45, 2.75) is 66.8 Å². The number of nitrogens with zero attached hydrogens (tertiary/aromatic N) is 1. The molecule has 0 aliphatic heterocycles. The number of esters is 2. The van der Waals surface area contributed by atoms with Crippen molar-refractivity contribution in [2.75, 3.05) is 19.5 Å². The van der Waals surface area contributed by atoms with Gasteiger partial charge in [-0.1, -0.05) is 31.5 Å². The molecule has 2 rings (SSSR count). The first kappa shape index (κ1) is 26.2. The molecule has 0 spiro atoms. The van der Waals surface area contributed by atoms with Gasteiger partial charge in [0.2, 0.25) is 5.88 Å². The number of hydrogen-bond acceptors (Lipinski definition) is 7. The quantitative estimate of drug-likeness (QED) is 0.388. The van der Waals surface area contributed by atoms with Crippen LogP contribution in [0.25, 0.3) is 0 Å².